The molecule has 0 radical (unpaired) electrons. The average molecular weight is 466 g/mol. The van der Waals surface area contributed by atoms with E-state index in [1.165, 1.54) is 4.88 Å². The highest BCUT2D eigenvalue weighted by Crippen LogP contribution is 2.35. The van der Waals surface area contributed by atoms with Crippen LogP contribution >= 0.6 is 11.3 Å². The van der Waals surface area contributed by atoms with Crippen LogP contribution in [0.25, 0.3) is 55.0 Å². The molecule has 6 aromatic rings. The van der Waals surface area contributed by atoms with Gasteiger partial charge in [0.15, 0.2) is 5.65 Å². The van der Waals surface area contributed by atoms with Gasteiger partial charge in [0.25, 0.3) is 0 Å². The number of aromatic nitrogens is 6. The first kappa shape index (κ1) is 20.3. The molecule has 6 heterocycles. The highest BCUT2D eigenvalue weighted by molar-refractivity contribution is 7.13. The zero-order valence-corrected chi connectivity index (χ0v) is 19.0. The maximum Gasteiger partial charge on any atom is 0.224 e. The highest BCUT2D eigenvalue weighted by Gasteiger charge is 2.16. The second-order valence-electron chi connectivity index (χ2n) is 7.84. The Hall–Kier alpha value is -4.37. The topological polar surface area (TPSA) is 112 Å². The zero-order chi connectivity index (χ0) is 23.1. The monoisotopic (exact) mass is 465 g/mol. The van der Waals surface area contributed by atoms with Crippen molar-refractivity contribution in [3.05, 3.63) is 66.6 Å². The lowest BCUT2D eigenvalue weighted by Crippen LogP contribution is -2.09. The van der Waals surface area contributed by atoms with Gasteiger partial charge in [-0.2, -0.15) is 5.10 Å². The molecule has 3 N–H and O–H groups in total. The number of hydrogen-bond donors (Lipinski definition) is 3. The van der Waals surface area contributed by atoms with Crippen LogP contribution in [0.4, 0.5) is 5.69 Å². The van der Waals surface area contributed by atoms with Gasteiger partial charge in [0.2, 0.25) is 5.91 Å². The van der Waals surface area contributed by atoms with Gasteiger partial charge in [-0.25, -0.2) is 9.97 Å². The minimum Gasteiger partial charge on any atom is -0.338 e. The molecule has 0 saturated heterocycles. The maximum absolute atomic E-state index is 11.8. The highest BCUT2D eigenvalue weighted by atomic mass is 32.1. The van der Waals surface area contributed by atoms with Crippen molar-refractivity contribution in [2.24, 2.45) is 0 Å². The van der Waals surface area contributed by atoms with Crippen molar-refractivity contribution < 1.29 is 4.79 Å². The Balaban J connectivity index is 1.43. The third-order valence-corrected chi connectivity index (χ3v) is 6.57. The number of fused-ring (bicyclic) bond motifs is 2. The van der Waals surface area contributed by atoms with Crippen molar-refractivity contribution in [3.63, 3.8) is 0 Å². The predicted octanol–water partition coefficient (Wildman–Crippen LogP) is 5.64. The number of H-pyrrole nitrogens is 2. The number of hydrogen-bond acceptors (Lipinski definition) is 6. The molecule has 0 saturated carbocycles. The van der Waals surface area contributed by atoms with Crippen molar-refractivity contribution in [3.8, 4) is 33.0 Å². The van der Waals surface area contributed by atoms with Crippen molar-refractivity contribution in [2.75, 3.05) is 5.32 Å². The summed E-state index contributed by atoms with van der Waals surface area (Å²) in [4.78, 5) is 29.7. The first-order chi connectivity index (χ1) is 16.7. The second kappa shape index (κ2) is 8.20. The number of aromatic amines is 2. The van der Waals surface area contributed by atoms with Gasteiger partial charge in [-0.05, 0) is 35.7 Å². The van der Waals surface area contributed by atoms with E-state index in [0.29, 0.717) is 17.8 Å². The van der Waals surface area contributed by atoms with Gasteiger partial charge in [0.05, 0.1) is 17.6 Å². The van der Waals surface area contributed by atoms with E-state index < -0.39 is 0 Å². The van der Waals surface area contributed by atoms with Crippen molar-refractivity contribution in [1.29, 1.82) is 0 Å². The maximum atomic E-state index is 11.8. The van der Waals surface area contributed by atoms with Crippen LogP contribution in [0.2, 0.25) is 0 Å². The minimum absolute atomic E-state index is 0.0565. The fourth-order valence-electron chi connectivity index (χ4n) is 3.98. The van der Waals surface area contributed by atoms with Crippen molar-refractivity contribution in [2.45, 2.75) is 13.3 Å². The first-order valence-corrected chi connectivity index (χ1v) is 11.7. The van der Waals surface area contributed by atoms with Crippen molar-refractivity contribution in [1.82, 2.24) is 30.1 Å². The van der Waals surface area contributed by atoms with Crippen LogP contribution in [0.3, 0.4) is 0 Å². The normalized spacial score (nSPS) is 11.3. The first-order valence-electron chi connectivity index (χ1n) is 10.8. The Morgan fingerprint density at radius 2 is 1.94 bits per heavy atom. The van der Waals surface area contributed by atoms with Gasteiger partial charge in [0, 0.05) is 57.4 Å². The van der Waals surface area contributed by atoms with Crippen LogP contribution < -0.4 is 5.32 Å². The van der Waals surface area contributed by atoms with E-state index >= 15 is 0 Å². The van der Waals surface area contributed by atoms with Crippen LogP contribution in [0.5, 0.6) is 0 Å². The third-order valence-electron chi connectivity index (χ3n) is 5.67. The Morgan fingerprint density at radius 3 is 2.79 bits per heavy atom. The Kier molecular flexibility index (Phi) is 4.88. The molecule has 8 nitrogen and oxygen atoms in total. The van der Waals surface area contributed by atoms with Crippen molar-refractivity contribution >= 4 is 45.0 Å². The Bertz CT molecular complexity index is 1650. The summed E-state index contributed by atoms with van der Waals surface area (Å²) < 4.78 is 0. The summed E-state index contributed by atoms with van der Waals surface area (Å²) in [5, 5.41) is 14.4. The van der Waals surface area contributed by atoms with Gasteiger partial charge >= 0.3 is 0 Å². The summed E-state index contributed by atoms with van der Waals surface area (Å²) in [6.07, 6.45) is 7.38. The van der Waals surface area contributed by atoms with Gasteiger partial charge in [-0.3, -0.25) is 14.9 Å². The summed E-state index contributed by atoms with van der Waals surface area (Å²) in [5.41, 5.74) is 6.65. The summed E-state index contributed by atoms with van der Waals surface area (Å²) in [6, 6.07) is 12.2. The fourth-order valence-corrected chi connectivity index (χ4v) is 4.75. The summed E-state index contributed by atoms with van der Waals surface area (Å²) in [7, 11) is 0. The predicted molar refractivity (Wildman–Crippen MR) is 134 cm³/mol. The molecule has 6 rings (SSSR count). The molecular weight excluding hydrogens is 446 g/mol. The van der Waals surface area contributed by atoms with E-state index in [9.17, 15) is 4.79 Å². The second-order valence-corrected chi connectivity index (χ2v) is 8.79. The molecule has 0 spiro atoms. The van der Waals surface area contributed by atoms with Gasteiger partial charge in [-0.1, -0.05) is 13.0 Å². The molecule has 0 atom stereocenters. The zero-order valence-electron chi connectivity index (χ0n) is 18.2. The number of pyridine rings is 3. The molecule has 0 aliphatic rings. The molecule has 166 valence electrons. The molecule has 0 aromatic carbocycles. The number of carbonyl (C=O) groups excluding carboxylic acids is 1. The molecule has 1 amide bonds. The summed E-state index contributed by atoms with van der Waals surface area (Å²) in [5.74, 6) is -0.0565. The van der Waals surface area contributed by atoms with Crippen LogP contribution in [0.15, 0.2) is 66.6 Å². The smallest absolute Gasteiger partial charge is 0.224 e. The number of amides is 1. The molecule has 0 bridgehead atoms. The lowest BCUT2D eigenvalue weighted by atomic mass is 10.1. The number of nitrogens with one attached hydrogen (secondary N) is 3. The lowest BCUT2D eigenvalue weighted by molar-refractivity contribution is -0.115. The molecule has 6 aromatic heterocycles. The average Bonchev–Trinajstić information content (AvgIpc) is 3.62. The largest absolute Gasteiger partial charge is 0.338 e. The summed E-state index contributed by atoms with van der Waals surface area (Å²) >= 11 is 1.70. The quantitative estimate of drug-likeness (QED) is 0.305. The summed E-state index contributed by atoms with van der Waals surface area (Å²) in [6.45, 7) is 1.81. The van der Waals surface area contributed by atoms with E-state index in [1.54, 1.807) is 29.9 Å². The van der Waals surface area contributed by atoms with Gasteiger partial charge in [0.1, 0.15) is 11.3 Å². The van der Waals surface area contributed by atoms with Gasteiger partial charge < -0.3 is 10.3 Å². The van der Waals surface area contributed by atoms with Crippen LogP contribution in [-0.4, -0.2) is 36.0 Å². The standard InChI is InChI=1S/C25H19N7OS/c1-2-22(33)29-16-8-14(11-26-13-16)15-9-19-23(31-32-25(19)28-12-15)20-10-18-17(21-4-3-7-34-21)5-6-27-24(18)30-20/h3-13H,2H2,1H3,(H,27,30)(H,29,33)(H,28,31,32). The van der Waals surface area contributed by atoms with E-state index in [0.717, 1.165) is 44.5 Å². The van der Waals surface area contributed by atoms with Crippen LogP contribution in [-0.2, 0) is 4.79 Å². The number of thiophene rings is 1. The third kappa shape index (κ3) is 3.52. The number of anilines is 1. The molecular formula is C25H19N7OS. The van der Waals surface area contributed by atoms with E-state index in [-0.39, 0.29) is 5.91 Å². The van der Waals surface area contributed by atoms with Crippen LogP contribution in [0.1, 0.15) is 13.3 Å². The van der Waals surface area contributed by atoms with Gasteiger partial charge in [-0.15, -0.1) is 11.3 Å². The number of carbonyl (C=O) groups is 1. The molecule has 0 aliphatic carbocycles. The van der Waals surface area contributed by atoms with E-state index in [4.69, 9.17) is 0 Å². The molecule has 0 fully saturated rings. The molecule has 9 heteroatoms. The SMILES string of the molecule is CCC(=O)Nc1cncc(-c2cnc3[nH]nc(-c4cc5c(-c6cccs6)ccnc5[nH]4)c3c2)c1. The molecule has 0 aliphatic heterocycles. The number of nitrogens with zero attached hydrogens (tertiary/aromatic N) is 4. The lowest BCUT2D eigenvalue weighted by Gasteiger charge is -2.06. The number of rotatable bonds is 5. The van der Waals surface area contributed by atoms with Crippen LogP contribution in [0, 0.1) is 0 Å². The van der Waals surface area contributed by atoms with E-state index in [2.05, 4.69) is 53.0 Å². The Morgan fingerprint density at radius 1 is 1.03 bits per heavy atom. The minimum atomic E-state index is -0.0565. The Labute approximate surface area is 198 Å². The molecule has 0 unspecified atom stereocenters. The molecule has 34 heavy (non-hydrogen) atoms. The van der Waals surface area contributed by atoms with E-state index in [1.807, 2.05) is 37.4 Å². The fraction of sp³-hybridized carbons (Fsp3) is 0.0800.